The zero-order valence-electron chi connectivity index (χ0n) is 9.41. The first-order valence-corrected chi connectivity index (χ1v) is 6.34. The molecule has 0 aromatic carbocycles. The van der Waals surface area contributed by atoms with E-state index in [4.69, 9.17) is 14.2 Å². The summed E-state index contributed by atoms with van der Waals surface area (Å²) in [5, 5.41) is 0. The Morgan fingerprint density at radius 1 is 1.67 bits per heavy atom. The Labute approximate surface area is 98.9 Å². The molecule has 1 heterocycles. The number of hydrogen-bond donors (Lipinski definition) is 0. The molecule has 4 nitrogen and oxygen atoms in total. The first-order valence-electron chi connectivity index (χ1n) is 5.13. The number of carbonyl (C=O) groups excluding carboxylic acids is 1. The van der Waals surface area contributed by atoms with E-state index < -0.39 is 5.79 Å². The molecule has 0 unspecified atom stereocenters. The minimum atomic E-state index is -0.520. The number of hydrogen-bond acceptors (Lipinski definition) is 4. The number of ether oxygens (including phenoxy) is 3. The molecule has 1 aliphatic heterocycles. The maximum absolute atomic E-state index is 11.3. The second kappa shape index (κ2) is 5.32. The summed E-state index contributed by atoms with van der Waals surface area (Å²) < 4.78 is 16.1. The summed E-state index contributed by atoms with van der Waals surface area (Å²) in [7, 11) is 0. The molecular weight excluding hydrogens is 257 g/mol. The quantitative estimate of drug-likeness (QED) is 0.567. The topological polar surface area (TPSA) is 44.8 Å². The van der Waals surface area contributed by atoms with Gasteiger partial charge >= 0.3 is 98.5 Å². The van der Waals surface area contributed by atoms with Gasteiger partial charge in [0.1, 0.15) is 0 Å². The van der Waals surface area contributed by atoms with E-state index in [0.717, 1.165) is 0 Å². The first-order chi connectivity index (χ1) is 6.94. The van der Waals surface area contributed by atoms with Gasteiger partial charge in [0.15, 0.2) is 0 Å². The molecule has 0 aliphatic carbocycles. The van der Waals surface area contributed by atoms with E-state index in [1.807, 2.05) is 30.4 Å². The van der Waals surface area contributed by atoms with Crippen LogP contribution in [0.25, 0.3) is 0 Å². The molecule has 1 rings (SSSR count). The zero-order valence-corrected chi connectivity index (χ0v) is 11.5. The van der Waals surface area contributed by atoms with E-state index in [0.29, 0.717) is 19.6 Å². The van der Waals surface area contributed by atoms with E-state index in [9.17, 15) is 4.79 Å². The average Bonchev–Trinajstić information content (AvgIpc) is 2.46. The Kier molecular flexibility index (Phi) is 4.61. The summed E-state index contributed by atoms with van der Waals surface area (Å²) in [5.41, 5.74) is 0. The third-order valence-electron chi connectivity index (χ3n) is 2.17. The normalized spacial score (nSPS) is 26.3. The van der Waals surface area contributed by atoms with Crippen LogP contribution < -0.4 is 0 Å². The van der Waals surface area contributed by atoms with Gasteiger partial charge < -0.3 is 0 Å². The Balaban J connectivity index is 2.35. The molecule has 15 heavy (non-hydrogen) atoms. The molecule has 0 N–H and O–H groups in total. The molecule has 1 aliphatic rings. The summed E-state index contributed by atoms with van der Waals surface area (Å²) >= 11 is 1.98. The Bertz CT molecular complexity index is 229. The fourth-order valence-corrected chi connectivity index (χ4v) is 2.14. The summed E-state index contributed by atoms with van der Waals surface area (Å²) in [5.74, 6) is -0.688. The summed E-state index contributed by atoms with van der Waals surface area (Å²) in [4.78, 5) is 11.3. The second-order valence-corrected chi connectivity index (χ2v) is 5.54. The third-order valence-corrected chi connectivity index (χ3v) is 3.38. The van der Waals surface area contributed by atoms with E-state index in [-0.39, 0.29) is 16.8 Å². The van der Waals surface area contributed by atoms with Crippen LogP contribution in [0.2, 0.25) is 4.75 Å². The second-order valence-electron chi connectivity index (χ2n) is 3.98. The molecule has 0 bridgehead atoms. The van der Waals surface area contributed by atoms with Gasteiger partial charge in [-0.25, -0.2) is 0 Å². The molecular formula is C10H17GeO4. The maximum atomic E-state index is 11.3. The van der Waals surface area contributed by atoms with Crippen molar-refractivity contribution in [1.29, 1.82) is 0 Å². The van der Waals surface area contributed by atoms with Crippen molar-refractivity contribution in [3.63, 3.8) is 0 Å². The van der Waals surface area contributed by atoms with Gasteiger partial charge in [-0.3, -0.25) is 0 Å². The fourth-order valence-electron chi connectivity index (χ4n) is 1.44. The third kappa shape index (κ3) is 4.12. The van der Waals surface area contributed by atoms with Gasteiger partial charge in [0.2, 0.25) is 0 Å². The van der Waals surface area contributed by atoms with Gasteiger partial charge in [-0.1, -0.05) is 0 Å². The standard InChI is InChI=1S/C10H17GeO4/c1-4-13-9(12)5-7(11)8-6-14-10(2,3)15-8/h7-8H,4-6H2,1-3H3/t7-,8+/m0/s1. The van der Waals surface area contributed by atoms with E-state index in [2.05, 4.69) is 0 Å². The average molecular weight is 274 g/mol. The van der Waals surface area contributed by atoms with Gasteiger partial charge in [0, 0.05) is 0 Å². The van der Waals surface area contributed by atoms with Crippen molar-refractivity contribution >= 4 is 22.5 Å². The van der Waals surface area contributed by atoms with Gasteiger partial charge in [-0.15, -0.1) is 0 Å². The molecule has 85 valence electrons. The molecule has 0 aromatic rings. The van der Waals surface area contributed by atoms with Crippen molar-refractivity contribution in [3.05, 3.63) is 0 Å². The summed E-state index contributed by atoms with van der Waals surface area (Å²) in [6.45, 7) is 6.54. The van der Waals surface area contributed by atoms with Crippen LogP contribution in [0.15, 0.2) is 0 Å². The molecule has 2 atom stereocenters. The van der Waals surface area contributed by atoms with E-state index in [1.54, 1.807) is 6.92 Å². The molecule has 5 heteroatoms. The number of carbonyl (C=O) groups is 1. The van der Waals surface area contributed by atoms with Crippen LogP contribution in [-0.2, 0) is 19.0 Å². The van der Waals surface area contributed by atoms with E-state index >= 15 is 0 Å². The summed E-state index contributed by atoms with van der Waals surface area (Å²) in [6.07, 6.45) is 0.377. The fraction of sp³-hybridized carbons (Fsp3) is 0.900. The summed E-state index contributed by atoms with van der Waals surface area (Å²) in [6, 6.07) is 0. The van der Waals surface area contributed by atoms with Crippen molar-refractivity contribution < 1.29 is 19.0 Å². The van der Waals surface area contributed by atoms with Crippen LogP contribution in [0.4, 0.5) is 0 Å². The van der Waals surface area contributed by atoms with Crippen LogP contribution in [0, 0.1) is 0 Å². The van der Waals surface area contributed by atoms with Gasteiger partial charge in [-0.05, 0) is 0 Å². The Morgan fingerprint density at radius 3 is 2.80 bits per heavy atom. The molecule has 0 spiro atoms. The van der Waals surface area contributed by atoms with Crippen LogP contribution in [-0.4, -0.2) is 47.6 Å². The van der Waals surface area contributed by atoms with Crippen molar-refractivity contribution in [1.82, 2.24) is 0 Å². The predicted molar refractivity (Wildman–Crippen MR) is 55.7 cm³/mol. The van der Waals surface area contributed by atoms with Crippen LogP contribution in [0.3, 0.4) is 0 Å². The van der Waals surface area contributed by atoms with Gasteiger partial charge in [0.05, 0.1) is 0 Å². The molecule has 0 saturated carbocycles. The van der Waals surface area contributed by atoms with Crippen LogP contribution >= 0.6 is 0 Å². The molecule has 1 saturated heterocycles. The van der Waals surface area contributed by atoms with Crippen molar-refractivity contribution in [2.45, 2.75) is 43.8 Å². The molecule has 0 aromatic heterocycles. The number of rotatable bonds is 4. The Morgan fingerprint density at radius 2 is 2.33 bits per heavy atom. The molecule has 1 fully saturated rings. The van der Waals surface area contributed by atoms with Crippen molar-refractivity contribution in [2.75, 3.05) is 13.2 Å². The van der Waals surface area contributed by atoms with E-state index in [1.165, 1.54) is 0 Å². The van der Waals surface area contributed by atoms with Crippen molar-refractivity contribution in [3.8, 4) is 0 Å². The van der Waals surface area contributed by atoms with Crippen LogP contribution in [0.1, 0.15) is 27.2 Å². The van der Waals surface area contributed by atoms with Gasteiger partial charge in [0.25, 0.3) is 0 Å². The van der Waals surface area contributed by atoms with Crippen molar-refractivity contribution in [2.24, 2.45) is 0 Å². The zero-order chi connectivity index (χ0) is 11.5. The number of esters is 1. The monoisotopic (exact) mass is 275 g/mol. The molecule has 3 radical (unpaired) electrons. The molecule has 0 amide bonds. The predicted octanol–water partition coefficient (Wildman–Crippen LogP) is 1.05. The minimum absolute atomic E-state index is 0.00981. The van der Waals surface area contributed by atoms with Crippen LogP contribution in [0.5, 0.6) is 0 Å². The Hall–Kier alpha value is -0.0671. The first kappa shape index (κ1) is 13.0. The SMILES string of the molecule is CCOC(=O)C[C@H]([Ge])[C@H]1COC(C)(C)O1. The van der Waals surface area contributed by atoms with Gasteiger partial charge in [-0.2, -0.15) is 0 Å².